The van der Waals surface area contributed by atoms with Crippen LogP contribution in [0.4, 0.5) is 5.13 Å². The molecule has 0 radical (unpaired) electrons. The molecular weight excluding hydrogens is 520 g/mol. The third-order valence-electron chi connectivity index (χ3n) is 6.62. The molecule has 0 bridgehead atoms. The van der Waals surface area contributed by atoms with Gasteiger partial charge < -0.3 is 19.3 Å². The summed E-state index contributed by atoms with van der Waals surface area (Å²) in [5.74, 6) is -1.31. The van der Waals surface area contributed by atoms with Crippen molar-refractivity contribution in [3.05, 3.63) is 75.3 Å². The molecule has 0 unspecified atom stereocenters. The number of aliphatic hydroxyl groups excluding tert-OH is 1. The first kappa shape index (κ1) is 26.4. The topological polar surface area (TPSA) is 115 Å². The van der Waals surface area contributed by atoms with Gasteiger partial charge in [0.15, 0.2) is 5.13 Å². The van der Waals surface area contributed by atoms with Gasteiger partial charge in [0.2, 0.25) is 0 Å². The first-order valence-corrected chi connectivity index (χ1v) is 13.4. The van der Waals surface area contributed by atoms with E-state index in [0.717, 1.165) is 29.1 Å². The molecule has 9 nitrogen and oxygen atoms in total. The van der Waals surface area contributed by atoms with Crippen molar-refractivity contribution >= 4 is 39.9 Å². The number of thiazole rings is 1. The zero-order valence-electron chi connectivity index (χ0n) is 22.0. The highest BCUT2D eigenvalue weighted by molar-refractivity contribution is 7.17. The van der Waals surface area contributed by atoms with Gasteiger partial charge in [-0.2, -0.15) is 0 Å². The lowest BCUT2D eigenvalue weighted by atomic mass is 9.94. The Kier molecular flexibility index (Phi) is 7.14. The summed E-state index contributed by atoms with van der Waals surface area (Å²) in [6, 6.07) is 11.3. The lowest BCUT2D eigenvalue weighted by Gasteiger charge is -2.23. The van der Waals surface area contributed by atoms with Gasteiger partial charge in [0.05, 0.1) is 31.0 Å². The van der Waals surface area contributed by atoms with Crippen LogP contribution in [0.2, 0.25) is 0 Å². The largest absolute Gasteiger partial charge is 0.507 e. The summed E-state index contributed by atoms with van der Waals surface area (Å²) >= 11 is 0.953. The van der Waals surface area contributed by atoms with E-state index < -0.39 is 23.7 Å². The molecule has 0 aliphatic carbocycles. The number of ketones is 1. The minimum absolute atomic E-state index is 0.00554. The average Bonchev–Trinajstić information content (AvgIpc) is 3.58. The average molecular weight is 549 g/mol. The van der Waals surface area contributed by atoms with Gasteiger partial charge in [0.25, 0.3) is 5.78 Å². The smallest absolute Gasteiger partial charge is 0.350 e. The molecule has 2 aliphatic heterocycles. The lowest BCUT2D eigenvalue weighted by molar-refractivity contribution is -0.132. The van der Waals surface area contributed by atoms with Gasteiger partial charge in [0.1, 0.15) is 28.2 Å². The minimum Gasteiger partial charge on any atom is -0.507 e. The van der Waals surface area contributed by atoms with Crippen LogP contribution in [0.1, 0.15) is 58.4 Å². The monoisotopic (exact) mass is 548 g/mol. The van der Waals surface area contributed by atoms with Crippen molar-refractivity contribution in [3.8, 4) is 11.5 Å². The van der Waals surface area contributed by atoms with Crippen LogP contribution < -0.4 is 14.4 Å². The standard InChI is InChI=1S/C29H28N2O7S/c1-5-11-37-20-8-6-7-17(14-20)23-22(24(32)18-9-10-21-19(13-18)12-15(2)38-21)25(33)27(34)31(23)29-30-16(3)26(39-29)28(35)36-4/h6-10,13-15,23,32H,5,11-12H2,1-4H3/b24-22+/t15-,23+/m1/s1. The summed E-state index contributed by atoms with van der Waals surface area (Å²) in [6.45, 7) is 6.07. The number of benzene rings is 2. The van der Waals surface area contributed by atoms with Gasteiger partial charge in [0, 0.05) is 12.0 Å². The number of rotatable bonds is 7. The van der Waals surface area contributed by atoms with Crippen LogP contribution in [0.5, 0.6) is 11.5 Å². The highest BCUT2D eigenvalue weighted by Crippen LogP contribution is 2.45. The number of methoxy groups -OCH3 is 1. The van der Waals surface area contributed by atoms with Gasteiger partial charge in [-0.15, -0.1) is 0 Å². The molecule has 5 rings (SSSR count). The predicted octanol–water partition coefficient (Wildman–Crippen LogP) is 4.98. The van der Waals surface area contributed by atoms with Crippen molar-refractivity contribution in [2.24, 2.45) is 0 Å². The van der Waals surface area contributed by atoms with Gasteiger partial charge in [-0.3, -0.25) is 14.5 Å². The van der Waals surface area contributed by atoms with Gasteiger partial charge >= 0.3 is 11.9 Å². The first-order valence-electron chi connectivity index (χ1n) is 12.6. The number of aromatic nitrogens is 1. The molecule has 202 valence electrons. The molecule has 1 aromatic heterocycles. The van der Waals surface area contributed by atoms with E-state index in [4.69, 9.17) is 14.2 Å². The fourth-order valence-electron chi connectivity index (χ4n) is 4.83. The van der Waals surface area contributed by atoms with Gasteiger partial charge in [-0.1, -0.05) is 30.4 Å². The molecule has 2 aliphatic rings. The zero-order chi connectivity index (χ0) is 27.8. The Hall–Kier alpha value is -4.18. The number of anilines is 1. The summed E-state index contributed by atoms with van der Waals surface area (Å²) in [7, 11) is 1.26. The van der Waals surface area contributed by atoms with Crippen LogP contribution in [0.3, 0.4) is 0 Å². The van der Waals surface area contributed by atoms with E-state index in [1.807, 2.05) is 13.8 Å². The quantitative estimate of drug-likeness (QED) is 0.190. The van der Waals surface area contributed by atoms with Crippen molar-refractivity contribution in [1.82, 2.24) is 4.98 Å². The number of amides is 1. The van der Waals surface area contributed by atoms with Crippen LogP contribution in [0.25, 0.3) is 5.76 Å². The number of esters is 1. The fraction of sp³-hybridized carbons (Fsp3) is 0.310. The number of Topliss-reactive ketones (excluding diaryl/α,β-unsaturated/α-hetero) is 1. The molecule has 1 saturated heterocycles. The fourth-order valence-corrected chi connectivity index (χ4v) is 5.84. The Balaban J connectivity index is 1.67. The van der Waals surface area contributed by atoms with E-state index in [-0.39, 0.29) is 27.4 Å². The first-order chi connectivity index (χ1) is 18.7. The summed E-state index contributed by atoms with van der Waals surface area (Å²) in [6.07, 6.45) is 1.48. The maximum atomic E-state index is 13.5. The molecule has 10 heteroatoms. The van der Waals surface area contributed by atoms with Crippen LogP contribution in [0.15, 0.2) is 48.0 Å². The van der Waals surface area contributed by atoms with Crippen molar-refractivity contribution in [3.63, 3.8) is 0 Å². The van der Waals surface area contributed by atoms with E-state index in [2.05, 4.69) is 4.98 Å². The molecule has 1 fully saturated rings. The SMILES string of the molecule is CCCOc1cccc([C@H]2/C(=C(\O)c3ccc4c(c3)C[C@@H](C)O4)C(=O)C(=O)N2c2nc(C)c(C(=O)OC)s2)c1. The number of fused-ring (bicyclic) bond motifs is 1. The summed E-state index contributed by atoms with van der Waals surface area (Å²) in [5.41, 5.74) is 2.15. The Morgan fingerprint density at radius 3 is 2.77 bits per heavy atom. The van der Waals surface area contributed by atoms with Crippen LogP contribution in [-0.2, 0) is 20.7 Å². The van der Waals surface area contributed by atoms with Crippen LogP contribution in [0, 0.1) is 6.92 Å². The van der Waals surface area contributed by atoms with Crippen molar-refractivity contribution in [2.75, 3.05) is 18.6 Å². The minimum atomic E-state index is -1.00. The third kappa shape index (κ3) is 4.76. The molecule has 3 heterocycles. The number of carbonyl (C=O) groups is 3. The molecule has 0 saturated carbocycles. The number of ether oxygens (including phenoxy) is 3. The normalized spacial score (nSPS) is 19.6. The number of hydrogen-bond acceptors (Lipinski definition) is 9. The Bertz CT molecular complexity index is 1510. The highest BCUT2D eigenvalue weighted by atomic mass is 32.1. The number of hydrogen-bond donors (Lipinski definition) is 1. The predicted molar refractivity (Wildman–Crippen MR) is 145 cm³/mol. The highest BCUT2D eigenvalue weighted by Gasteiger charge is 2.48. The van der Waals surface area contributed by atoms with Crippen LogP contribution >= 0.6 is 11.3 Å². The van der Waals surface area contributed by atoms with Crippen molar-refractivity contribution < 1.29 is 33.7 Å². The Morgan fingerprint density at radius 1 is 1.23 bits per heavy atom. The Labute approximate surface area is 229 Å². The van der Waals surface area contributed by atoms with Gasteiger partial charge in [-0.25, -0.2) is 9.78 Å². The van der Waals surface area contributed by atoms with Crippen molar-refractivity contribution in [1.29, 1.82) is 0 Å². The maximum absolute atomic E-state index is 13.5. The Morgan fingerprint density at radius 2 is 2.03 bits per heavy atom. The molecule has 3 aromatic rings. The second-order valence-electron chi connectivity index (χ2n) is 9.45. The number of carbonyl (C=O) groups excluding carboxylic acids is 3. The molecule has 1 N–H and O–H groups in total. The zero-order valence-corrected chi connectivity index (χ0v) is 22.8. The maximum Gasteiger partial charge on any atom is 0.350 e. The summed E-state index contributed by atoms with van der Waals surface area (Å²) in [4.78, 5) is 45.2. The molecule has 2 aromatic carbocycles. The third-order valence-corrected chi connectivity index (χ3v) is 7.76. The van der Waals surface area contributed by atoms with Crippen molar-refractivity contribution in [2.45, 2.75) is 45.8 Å². The molecule has 39 heavy (non-hydrogen) atoms. The molecule has 0 spiro atoms. The van der Waals surface area contributed by atoms with E-state index in [1.165, 1.54) is 12.0 Å². The van der Waals surface area contributed by atoms with Gasteiger partial charge in [-0.05, 0) is 61.7 Å². The number of nitrogens with zero attached hydrogens (tertiary/aromatic N) is 2. The van der Waals surface area contributed by atoms with E-state index in [1.54, 1.807) is 49.4 Å². The van der Waals surface area contributed by atoms with E-state index in [0.29, 0.717) is 35.6 Å². The lowest BCUT2D eigenvalue weighted by Crippen LogP contribution is -2.29. The second kappa shape index (κ2) is 10.5. The number of aryl methyl sites for hydroxylation is 1. The van der Waals surface area contributed by atoms with E-state index >= 15 is 0 Å². The van der Waals surface area contributed by atoms with E-state index in [9.17, 15) is 19.5 Å². The van der Waals surface area contributed by atoms with Crippen LogP contribution in [-0.4, -0.2) is 47.6 Å². The molecular formula is C29H28N2O7S. The molecule has 1 amide bonds. The number of aliphatic hydroxyl groups is 1. The second-order valence-corrected chi connectivity index (χ2v) is 10.4. The summed E-state index contributed by atoms with van der Waals surface area (Å²) < 4.78 is 16.4. The molecule has 2 atom stereocenters. The summed E-state index contributed by atoms with van der Waals surface area (Å²) in [5, 5.41) is 11.7.